The van der Waals surface area contributed by atoms with Crippen LogP contribution in [0.1, 0.15) is 37.9 Å². The molecule has 2 amide bonds. The number of ether oxygens (including phenoxy) is 2. The fourth-order valence-electron chi connectivity index (χ4n) is 4.59. The van der Waals surface area contributed by atoms with Crippen molar-refractivity contribution in [3.63, 3.8) is 0 Å². The molecule has 3 aliphatic rings. The fraction of sp³-hybridized carbons (Fsp3) is 0.650. The molecule has 3 aliphatic heterocycles. The quantitative estimate of drug-likeness (QED) is 0.807. The molecule has 1 aromatic rings. The number of likely N-dealkylation sites (tertiary alicyclic amines) is 1. The van der Waals surface area contributed by atoms with Gasteiger partial charge in [0.2, 0.25) is 0 Å². The van der Waals surface area contributed by atoms with Crippen molar-refractivity contribution >= 4 is 6.03 Å². The van der Waals surface area contributed by atoms with Gasteiger partial charge in [0.1, 0.15) is 0 Å². The van der Waals surface area contributed by atoms with Crippen LogP contribution < -0.4 is 5.32 Å². The van der Waals surface area contributed by atoms with Gasteiger partial charge in [0.25, 0.3) is 0 Å². The molecule has 3 saturated heterocycles. The van der Waals surface area contributed by atoms with Crippen LogP contribution >= 0.6 is 0 Å². The number of fused-ring (bicyclic) bond motifs is 5. The van der Waals surface area contributed by atoms with Gasteiger partial charge in [0.05, 0.1) is 18.3 Å². The third-order valence-corrected chi connectivity index (χ3v) is 5.97. The number of hydrogen-bond donors (Lipinski definition) is 1. The molecule has 1 N–H and O–H groups in total. The van der Waals surface area contributed by atoms with E-state index in [2.05, 4.69) is 24.4 Å². The lowest BCUT2D eigenvalue weighted by Crippen LogP contribution is -2.40. The summed E-state index contributed by atoms with van der Waals surface area (Å²) in [5.41, 5.74) is 1.19. The highest BCUT2D eigenvalue weighted by molar-refractivity contribution is 5.74. The van der Waals surface area contributed by atoms with E-state index in [9.17, 15) is 4.79 Å². The van der Waals surface area contributed by atoms with Crippen LogP contribution in [0, 0.1) is 11.8 Å². The molecular weight excluding hydrogens is 316 g/mol. The third kappa shape index (κ3) is 3.53. The maximum atomic E-state index is 12.4. The summed E-state index contributed by atoms with van der Waals surface area (Å²) in [4.78, 5) is 14.3. The van der Waals surface area contributed by atoms with E-state index in [0.717, 1.165) is 19.5 Å². The van der Waals surface area contributed by atoms with Crippen LogP contribution in [0.5, 0.6) is 0 Å². The second-order valence-corrected chi connectivity index (χ2v) is 7.53. The van der Waals surface area contributed by atoms with Crippen LogP contribution in [0.3, 0.4) is 0 Å². The van der Waals surface area contributed by atoms with Gasteiger partial charge >= 0.3 is 6.03 Å². The monoisotopic (exact) mass is 344 g/mol. The lowest BCUT2D eigenvalue weighted by Gasteiger charge is -2.19. The molecule has 1 aromatic carbocycles. The van der Waals surface area contributed by atoms with Gasteiger partial charge < -0.3 is 19.7 Å². The van der Waals surface area contributed by atoms with Crippen molar-refractivity contribution in [2.45, 2.75) is 44.5 Å². The molecule has 5 atom stereocenters. The van der Waals surface area contributed by atoms with Gasteiger partial charge in [-0.2, -0.15) is 0 Å². The predicted octanol–water partition coefficient (Wildman–Crippen LogP) is 2.97. The minimum absolute atomic E-state index is 0.0740. The molecule has 5 nitrogen and oxygen atoms in total. The number of amides is 2. The standard InChI is InChI=1S/C20H28N2O3/c1-14(15-6-3-2-4-7-15)24-11-5-10-21-20(23)22-12-16-17(13-22)19-9-8-18(16)25-19/h2-4,6-7,14,16-19H,5,8-13H2,1H3,(H,21,23)/t14-,16+,17+,18+,19+/m0/s1. The number of nitrogens with one attached hydrogen (secondary N) is 1. The van der Waals surface area contributed by atoms with Crippen LogP contribution in [0.15, 0.2) is 30.3 Å². The molecule has 3 fully saturated rings. The Morgan fingerprint density at radius 1 is 1.24 bits per heavy atom. The average molecular weight is 344 g/mol. The summed E-state index contributed by atoms with van der Waals surface area (Å²) in [6, 6.07) is 10.3. The Morgan fingerprint density at radius 2 is 1.92 bits per heavy atom. The highest BCUT2D eigenvalue weighted by Crippen LogP contribution is 2.47. The molecule has 0 aromatic heterocycles. The van der Waals surface area contributed by atoms with Gasteiger partial charge in [0.15, 0.2) is 0 Å². The SMILES string of the molecule is C[C@H](OCCCNC(=O)N1C[C@@H]2[C@@H](C1)[C@H]1CC[C@H]2O1)c1ccccc1. The molecule has 0 unspecified atom stereocenters. The lowest BCUT2D eigenvalue weighted by molar-refractivity contribution is 0.0638. The number of rotatable bonds is 6. The number of nitrogens with zero attached hydrogens (tertiary/aromatic N) is 1. The fourth-order valence-corrected chi connectivity index (χ4v) is 4.59. The summed E-state index contributed by atoms with van der Waals surface area (Å²) in [5.74, 6) is 1.14. The zero-order valence-corrected chi connectivity index (χ0v) is 14.9. The first kappa shape index (κ1) is 16.9. The molecule has 3 heterocycles. The number of carbonyl (C=O) groups is 1. The van der Waals surface area contributed by atoms with E-state index in [1.807, 2.05) is 23.1 Å². The van der Waals surface area contributed by atoms with Crippen LogP contribution in [0.4, 0.5) is 4.79 Å². The molecule has 25 heavy (non-hydrogen) atoms. The van der Waals surface area contributed by atoms with E-state index in [-0.39, 0.29) is 12.1 Å². The molecule has 136 valence electrons. The minimum atomic E-state index is 0.0740. The molecular formula is C20H28N2O3. The molecule has 0 radical (unpaired) electrons. The van der Waals surface area contributed by atoms with E-state index in [0.29, 0.717) is 37.2 Å². The van der Waals surface area contributed by atoms with Crippen LogP contribution in [0.2, 0.25) is 0 Å². The first-order valence-electron chi connectivity index (χ1n) is 9.57. The summed E-state index contributed by atoms with van der Waals surface area (Å²) >= 11 is 0. The minimum Gasteiger partial charge on any atom is -0.374 e. The Kier molecular flexibility index (Phi) is 4.95. The largest absolute Gasteiger partial charge is 0.374 e. The van der Waals surface area contributed by atoms with E-state index in [4.69, 9.17) is 9.47 Å². The van der Waals surface area contributed by atoms with Crippen molar-refractivity contribution < 1.29 is 14.3 Å². The van der Waals surface area contributed by atoms with Gasteiger partial charge in [-0.1, -0.05) is 30.3 Å². The van der Waals surface area contributed by atoms with Gasteiger partial charge in [-0.3, -0.25) is 0 Å². The first-order valence-corrected chi connectivity index (χ1v) is 9.57. The van der Waals surface area contributed by atoms with E-state index >= 15 is 0 Å². The molecule has 0 spiro atoms. The van der Waals surface area contributed by atoms with E-state index < -0.39 is 0 Å². The van der Waals surface area contributed by atoms with Crippen molar-refractivity contribution in [3.05, 3.63) is 35.9 Å². The van der Waals surface area contributed by atoms with E-state index in [1.165, 1.54) is 18.4 Å². The Hall–Kier alpha value is -1.59. The van der Waals surface area contributed by atoms with Crippen molar-refractivity contribution in [1.82, 2.24) is 10.2 Å². The zero-order valence-electron chi connectivity index (χ0n) is 14.9. The van der Waals surface area contributed by atoms with Crippen molar-refractivity contribution in [2.24, 2.45) is 11.8 Å². The number of benzene rings is 1. The van der Waals surface area contributed by atoms with Crippen molar-refractivity contribution in [1.29, 1.82) is 0 Å². The topological polar surface area (TPSA) is 50.8 Å². The maximum Gasteiger partial charge on any atom is 0.317 e. The first-order chi connectivity index (χ1) is 12.2. The lowest BCUT2D eigenvalue weighted by atomic mass is 9.82. The van der Waals surface area contributed by atoms with Crippen molar-refractivity contribution in [2.75, 3.05) is 26.2 Å². The van der Waals surface area contributed by atoms with Gasteiger partial charge in [0, 0.05) is 38.1 Å². The molecule has 4 rings (SSSR count). The zero-order chi connectivity index (χ0) is 17.2. The van der Waals surface area contributed by atoms with Gasteiger partial charge in [-0.25, -0.2) is 4.79 Å². The predicted molar refractivity (Wildman–Crippen MR) is 95.3 cm³/mol. The molecule has 0 saturated carbocycles. The molecule has 5 heteroatoms. The number of carbonyl (C=O) groups excluding carboxylic acids is 1. The Balaban J connectivity index is 1.13. The maximum absolute atomic E-state index is 12.4. The Labute approximate surface area is 149 Å². The number of hydrogen-bond acceptors (Lipinski definition) is 3. The summed E-state index contributed by atoms with van der Waals surface area (Å²) in [6.07, 6.45) is 4.08. The smallest absolute Gasteiger partial charge is 0.317 e. The Morgan fingerprint density at radius 3 is 2.60 bits per heavy atom. The third-order valence-electron chi connectivity index (χ3n) is 5.97. The highest BCUT2D eigenvalue weighted by atomic mass is 16.5. The van der Waals surface area contributed by atoms with Crippen LogP contribution in [-0.2, 0) is 9.47 Å². The average Bonchev–Trinajstić information content (AvgIpc) is 3.34. The van der Waals surface area contributed by atoms with Gasteiger partial charge in [-0.15, -0.1) is 0 Å². The van der Waals surface area contributed by atoms with Gasteiger partial charge in [-0.05, 0) is 31.7 Å². The number of urea groups is 1. The van der Waals surface area contributed by atoms with Crippen LogP contribution in [0.25, 0.3) is 0 Å². The van der Waals surface area contributed by atoms with E-state index in [1.54, 1.807) is 0 Å². The molecule has 2 bridgehead atoms. The highest BCUT2D eigenvalue weighted by Gasteiger charge is 2.53. The summed E-state index contributed by atoms with van der Waals surface area (Å²) in [5, 5.41) is 3.04. The van der Waals surface area contributed by atoms with Crippen LogP contribution in [-0.4, -0.2) is 49.4 Å². The summed E-state index contributed by atoms with van der Waals surface area (Å²) in [7, 11) is 0. The Bertz CT molecular complexity index is 576. The second-order valence-electron chi connectivity index (χ2n) is 7.53. The summed E-state index contributed by atoms with van der Waals surface area (Å²) in [6.45, 7) is 5.10. The normalized spacial score (nSPS) is 31.2. The second kappa shape index (κ2) is 7.34. The molecule has 0 aliphatic carbocycles. The van der Waals surface area contributed by atoms with Crippen molar-refractivity contribution in [3.8, 4) is 0 Å². The summed E-state index contributed by atoms with van der Waals surface area (Å²) < 4.78 is 11.8.